The molecule has 2 N–H and O–H groups in total. The van der Waals surface area contributed by atoms with Crippen LogP contribution in [0.2, 0.25) is 0 Å². The van der Waals surface area contributed by atoms with Crippen LogP contribution < -0.4 is 10.6 Å². The Labute approximate surface area is 184 Å². The van der Waals surface area contributed by atoms with Crippen molar-refractivity contribution in [2.75, 3.05) is 10.6 Å². The van der Waals surface area contributed by atoms with Crippen LogP contribution in [0.5, 0.6) is 0 Å². The van der Waals surface area contributed by atoms with E-state index in [0.717, 1.165) is 0 Å². The van der Waals surface area contributed by atoms with E-state index in [-0.39, 0.29) is 16.9 Å². The van der Waals surface area contributed by atoms with Crippen LogP contribution in [0.25, 0.3) is 11.3 Å². The molecule has 1 atom stereocenters. The van der Waals surface area contributed by atoms with E-state index in [1.807, 2.05) is 0 Å². The van der Waals surface area contributed by atoms with Gasteiger partial charge in [-0.05, 0) is 31.6 Å². The zero-order chi connectivity index (χ0) is 23.3. The summed E-state index contributed by atoms with van der Waals surface area (Å²) < 4.78 is 38.1. The van der Waals surface area contributed by atoms with Gasteiger partial charge >= 0.3 is 6.18 Å². The number of carbonyl (C=O) groups excluding carboxylic acids is 2. The number of hydrogen-bond acceptors (Lipinski definition) is 7. The molecule has 0 saturated heterocycles. The van der Waals surface area contributed by atoms with Crippen LogP contribution in [0, 0.1) is 0 Å². The second kappa shape index (κ2) is 9.64. The van der Waals surface area contributed by atoms with E-state index in [9.17, 15) is 22.8 Å². The second-order valence-corrected chi connectivity index (χ2v) is 7.55. The molecular formula is C20H17F3N6O2S. The Morgan fingerprint density at radius 3 is 2.47 bits per heavy atom. The molecule has 0 saturated carbocycles. The molecule has 0 aliphatic carbocycles. The van der Waals surface area contributed by atoms with Crippen molar-refractivity contribution in [2.24, 2.45) is 0 Å². The molecule has 0 aromatic carbocycles. The standard InChI is InChI=1S/C20H17F3N6O2S/c1-3-4-17(30)28-16-10-25-14(8-26-16)13-5-12(6-24-7-13)11(2)18(31)29-19-27-9-15(32-19)20(21,22)23/h3-11H,1-2H3,(H,26,28,30)(H,27,29,31). The van der Waals surface area contributed by atoms with Gasteiger partial charge in [0.25, 0.3) is 0 Å². The number of anilines is 2. The van der Waals surface area contributed by atoms with Crippen LogP contribution in [0.15, 0.2) is 49.2 Å². The van der Waals surface area contributed by atoms with Gasteiger partial charge in [0.2, 0.25) is 11.8 Å². The highest BCUT2D eigenvalue weighted by Gasteiger charge is 2.33. The number of pyridine rings is 1. The molecule has 0 bridgehead atoms. The Morgan fingerprint density at radius 1 is 1.06 bits per heavy atom. The fourth-order valence-electron chi connectivity index (χ4n) is 2.52. The van der Waals surface area contributed by atoms with Gasteiger partial charge in [-0.1, -0.05) is 17.4 Å². The van der Waals surface area contributed by atoms with Gasteiger partial charge < -0.3 is 10.6 Å². The first-order valence-corrected chi connectivity index (χ1v) is 10.0. The lowest BCUT2D eigenvalue weighted by molar-refractivity contribution is -0.134. The van der Waals surface area contributed by atoms with Gasteiger partial charge in [0, 0.05) is 18.0 Å². The molecule has 166 valence electrons. The number of aromatic nitrogens is 4. The number of carbonyl (C=O) groups is 2. The zero-order valence-corrected chi connectivity index (χ0v) is 17.7. The van der Waals surface area contributed by atoms with Gasteiger partial charge in [0.05, 0.1) is 30.2 Å². The first kappa shape index (κ1) is 23.0. The van der Waals surface area contributed by atoms with E-state index < -0.39 is 22.9 Å². The van der Waals surface area contributed by atoms with Gasteiger partial charge in [0.1, 0.15) is 4.88 Å². The summed E-state index contributed by atoms with van der Waals surface area (Å²) in [7, 11) is 0. The number of hydrogen-bond donors (Lipinski definition) is 2. The van der Waals surface area contributed by atoms with E-state index in [1.54, 1.807) is 26.0 Å². The van der Waals surface area contributed by atoms with Gasteiger partial charge in [-0.2, -0.15) is 13.2 Å². The predicted octanol–water partition coefficient (Wildman–Crippen LogP) is 4.27. The second-order valence-electron chi connectivity index (χ2n) is 6.52. The highest BCUT2D eigenvalue weighted by Crippen LogP contribution is 2.35. The molecule has 8 nitrogen and oxygen atoms in total. The van der Waals surface area contributed by atoms with Crippen LogP contribution in [0.1, 0.15) is 30.2 Å². The van der Waals surface area contributed by atoms with Crippen molar-refractivity contribution in [1.29, 1.82) is 0 Å². The molecule has 0 aliphatic rings. The molecule has 2 amide bonds. The Morgan fingerprint density at radius 2 is 1.84 bits per heavy atom. The lowest BCUT2D eigenvalue weighted by Crippen LogP contribution is -2.19. The van der Waals surface area contributed by atoms with Crippen molar-refractivity contribution in [3.63, 3.8) is 0 Å². The Hall–Kier alpha value is -3.67. The maximum Gasteiger partial charge on any atom is 0.427 e. The molecule has 0 fully saturated rings. The minimum absolute atomic E-state index is 0.139. The summed E-state index contributed by atoms with van der Waals surface area (Å²) in [5, 5.41) is 4.81. The summed E-state index contributed by atoms with van der Waals surface area (Å²) in [6.07, 6.45) is 4.96. The summed E-state index contributed by atoms with van der Waals surface area (Å²) in [5.41, 5.74) is 1.57. The van der Waals surface area contributed by atoms with Gasteiger partial charge in [0.15, 0.2) is 10.9 Å². The number of rotatable bonds is 6. The maximum atomic E-state index is 12.7. The van der Waals surface area contributed by atoms with E-state index in [4.69, 9.17) is 0 Å². The Kier molecular flexibility index (Phi) is 6.93. The Bertz CT molecular complexity index is 1140. The van der Waals surface area contributed by atoms with Crippen LogP contribution in [0.4, 0.5) is 24.1 Å². The van der Waals surface area contributed by atoms with Crippen molar-refractivity contribution >= 4 is 34.1 Å². The highest BCUT2D eigenvalue weighted by atomic mass is 32.1. The molecular weight excluding hydrogens is 445 g/mol. The van der Waals surface area contributed by atoms with Crippen molar-refractivity contribution in [1.82, 2.24) is 19.9 Å². The lowest BCUT2D eigenvalue weighted by Gasteiger charge is -2.12. The number of thiazole rings is 1. The summed E-state index contributed by atoms with van der Waals surface area (Å²) in [4.78, 5) is 39.2. The lowest BCUT2D eigenvalue weighted by atomic mass is 10.0. The molecule has 3 aromatic heterocycles. The molecule has 0 aliphatic heterocycles. The average molecular weight is 462 g/mol. The van der Waals surface area contributed by atoms with E-state index in [2.05, 4.69) is 30.6 Å². The first-order chi connectivity index (χ1) is 15.2. The third-order valence-electron chi connectivity index (χ3n) is 4.18. The number of nitrogens with zero attached hydrogens (tertiary/aromatic N) is 4. The average Bonchev–Trinajstić information content (AvgIpc) is 3.23. The van der Waals surface area contributed by atoms with Crippen molar-refractivity contribution in [2.45, 2.75) is 25.9 Å². The van der Waals surface area contributed by atoms with Crippen molar-refractivity contribution in [3.8, 4) is 11.3 Å². The quantitative estimate of drug-likeness (QED) is 0.530. The topological polar surface area (TPSA) is 110 Å². The Balaban J connectivity index is 1.71. The molecule has 0 spiro atoms. The van der Waals surface area contributed by atoms with E-state index in [0.29, 0.717) is 34.4 Å². The normalized spacial score (nSPS) is 12.5. The summed E-state index contributed by atoms with van der Waals surface area (Å²) in [6.45, 7) is 3.31. The van der Waals surface area contributed by atoms with E-state index >= 15 is 0 Å². The molecule has 0 radical (unpaired) electrons. The maximum absolute atomic E-state index is 12.7. The third-order valence-corrected chi connectivity index (χ3v) is 5.14. The van der Waals surface area contributed by atoms with Gasteiger partial charge in [-0.3, -0.25) is 19.6 Å². The SMILES string of the molecule is CC=CC(=O)Nc1cnc(-c2cncc(C(C)C(=O)Nc3ncc(C(F)(F)F)s3)c2)cn1. The number of halogens is 3. The fraction of sp³-hybridized carbons (Fsp3) is 0.200. The van der Waals surface area contributed by atoms with Crippen molar-refractivity contribution in [3.05, 3.63) is 59.6 Å². The summed E-state index contributed by atoms with van der Waals surface area (Å²) in [6, 6.07) is 1.68. The molecule has 12 heteroatoms. The molecule has 1 unspecified atom stereocenters. The largest absolute Gasteiger partial charge is 0.427 e. The van der Waals surface area contributed by atoms with Crippen LogP contribution in [-0.2, 0) is 15.8 Å². The van der Waals surface area contributed by atoms with E-state index in [1.165, 1.54) is 30.9 Å². The first-order valence-electron chi connectivity index (χ1n) is 9.22. The summed E-state index contributed by atoms with van der Waals surface area (Å²) in [5.74, 6) is -1.30. The third kappa shape index (κ3) is 5.72. The monoisotopic (exact) mass is 462 g/mol. The van der Waals surface area contributed by atoms with Gasteiger partial charge in [-0.25, -0.2) is 9.97 Å². The molecule has 3 heterocycles. The van der Waals surface area contributed by atoms with Gasteiger partial charge in [-0.15, -0.1) is 0 Å². The smallest absolute Gasteiger partial charge is 0.306 e. The van der Waals surface area contributed by atoms with Crippen LogP contribution in [-0.4, -0.2) is 31.8 Å². The molecule has 32 heavy (non-hydrogen) atoms. The fourth-order valence-corrected chi connectivity index (χ4v) is 3.21. The highest BCUT2D eigenvalue weighted by molar-refractivity contribution is 7.15. The van der Waals surface area contributed by atoms with Crippen LogP contribution >= 0.6 is 11.3 Å². The minimum atomic E-state index is -4.52. The van der Waals surface area contributed by atoms with Crippen LogP contribution in [0.3, 0.4) is 0 Å². The zero-order valence-electron chi connectivity index (χ0n) is 16.8. The number of allylic oxidation sites excluding steroid dienone is 1. The molecule has 3 aromatic rings. The number of nitrogens with one attached hydrogen (secondary N) is 2. The minimum Gasteiger partial charge on any atom is -0.306 e. The molecule has 3 rings (SSSR count). The predicted molar refractivity (Wildman–Crippen MR) is 113 cm³/mol. The summed E-state index contributed by atoms with van der Waals surface area (Å²) >= 11 is 0.353. The number of alkyl halides is 3. The van der Waals surface area contributed by atoms with Crippen molar-refractivity contribution < 1.29 is 22.8 Å². The number of amides is 2.